The van der Waals surface area contributed by atoms with E-state index >= 15 is 0 Å². The maximum Gasteiger partial charge on any atom is 0.416 e. The predicted molar refractivity (Wildman–Crippen MR) is 119 cm³/mol. The quantitative estimate of drug-likeness (QED) is 0.575. The monoisotopic (exact) mass is 444 g/mol. The molecule has 2 aromatic carbocycles. The molecule has 0 spiro atoms. The summed E-state index contributed by atoms with van der Waals surface area (Å²) < 4.78 is 46.4. The first-order chi connectivity index (χ1) is 15.3. The molecule has 1 aliphatic carbocycles. The van der Waals surface area contributed by atoms with Crippen molar-refractivity contribution in [2.45, 2.75) is 51.5 Å². The van der Waals surface area contributed by atoms with Crippen molar-refractivity contribution in [3.8, 4) is 0 Å². The smallest absolute Gasteiger partial charge is 0.383 e. The zero-order chi connectivity index (χ0) is 22.9. The van der Waals surface area contributed by atoms with Gasteiger partial charge in [0.15, 0.2) is 0 Å². The molecule has 0 fully saturated rings. The molecular weight excluding hydrogens is 417 g/mol. The molecule has 4 nitrogen and oxygen atoms in total. The molecule has 0 amide bonds. The van der Waals surface area contributed by atoms with Crippen LogP contribution in [-0.2, 0) is 36.8 Å². The first-order valence-electron chi connectivity index (χ1n) is 10.8. The number of hydrogen-bond donors (Lipinski definition) is 1. The number of methoxy groups -OCH3 is 1. The third kappa shape index (κ3) is 4.74. The fourth-order valence-corrected chi connectivity index (χ4v) is 4.42. The van der Waals surface area contributed by atoms with Gasteiger partial charge < -0.3 is 14.6 Å². The second-order valence-electron chi connectivity index (χ2n) is 8.53. The minimum absolute atomic E-state index is 0.0621. The van der Waals surface area contributed by atoms with Crippen LogP contribution < -0.4 is 10.9 Å². The van der Waals surface area contributed by atoms with Crippen LogP contribution >= 0.6 is 0 Å². The first-order valence-corrected chi connectivity index (χ1v) is 10.8. The number of nitrogens with one attached hydrogen (secondary N) is 1. The van der Waals surface area contributed by atoms with Gasteiger partial charge in [-0.15, -0.1) is 0 Å². The summed E-state index contributed by atoms with van der Waals surface area (Å²) in [5.74, 6) is 0. The summed E-state index contributed by atoms with van der Waals surface area (Å²) in [5, 5.41) is 4.23. The summed E-state index contributed by atoms with van der Waals surface area (Å²) in [5.41, 5.74) is 3.40. The summed E-state index contributed by atoms with van der Waals surface area (Å²) in [7, 11) is 1.62. The van der Waals surface area contributed by atoms with Gasteiger partial charge in [-0.05, 0) is 78.6 Å². The lowest BCUT2D eigenvalue weighted by Gasteiger charge is -2.17. The molecule has 0 radical (unpaired) electrons. The number of fused-ring (bicyclic) bond motifs is 2. The van der Waals surface area contributed by atoms with Gasteiger partial charge >= 0.3 is 6.18 Å². The molecule has 1 atom stereocenters. The second-order valence-corrected chi connectivity index (χ2v) is 8.53. The second kappa shape index (κ2) is 9.08. The SMILES string of the molecule is COC[C@H](C)NCc1cc2cc3c(cc2n(Cc2cccc(C(F)(F)F)c2)c1=O)CCC3. The van der Waals surface area contributed by atoms with E-state index in [4.69, 9.17) is 4.74 Å². The summed E-state index contributed by atoms with van der Waals surface area (Å²) in [4.78, 5) is 13.4. The van der Waals surface area contributed by atoms with Gasteiger partial charge in [0, 0.05) is 25.3 Å². The number of rotatable bonds is 7. The average Bonchev–Trinajstić information content (AvgIpc) is 3.20. The van der Waals surface area contributed by atoms with Crippen molar-refractivity contribution in [1.82, 2.24) is 9.88 Å². The average molecular weight is 444 g/mol. The molecule has 0 unspecified atom stereocenters. The van der Waals surface area contributed by atoms with E-state index in [1.54, 1.807) is 17.7 Å². The lowest BCUT2D eigenvalue weighted by Crippen LogP contribution is -2.33. The molecule has 1 aliphatic rings. The van der Waals surface area contributed by atoms with Crippen LogP contribution in [0.2, 0.25) is 0 Å². The van der Waals surface area contributed by atoms with Crippen LogP contribution in [0, 0.1) is 0 Å². The van der Waals surface area contributed by atoms with E-state index in [2.05, 4.69) is 11.4 Å². The molecule has 0 saturated carbocycles. The molecule has 0 aliphatic heterocycles. The highest BCUT2D eigenvalue weighted by atomic mass is 19.4. The highest BCUT2D eigenvalue weighted by Gasteiger charge is 2.30. The maximum atomic E-state index is 13.4. The van der Waals surface area contributed by atoms with Gasteiger partial charge in [-0.3, -0.25) is 4.79 Å². The van der Waals surface area contributed by atoms with Crippen LogP contribution in [-0.4, -0.2) is 24.3 Å². The molecule has 0 bridgehead atoms. The van der Waals surface area contributed by atoms with Crippen LogP contribution in [0.3, 0.4) is 0 Å². The third-order valence-corrected chi connectivity index (χ3v) is 6.03. The lowest BCUT2D eigenvalue weighted by atomic mass is 10.0. The molecule has 4 rings (SSSR count). The molecule has 32 heavy (non-hydrogen) atoms. The number of halogens is 3. The Morgan fingerprint density at radius 1 is 1.12 bits per heavy atom. The zero-order valence-corrected chi connectivity index (χ0v) is 18.3. The minimum Gasteiger partial charge on any atom is -0.383 e. The topological polar surface area (TPSA) is 43.3 Å². The molecular formula is C25H27F3N2O2. The predicted octanol–water partition coefficient (Wildman–Crippen LogP) is 4.68. The Labute approximate surface area is 185 Å². The molecule has 0 saturated heterocycles. The summed E-state index contributed by atoms with van der Waals surface area (Å²) >= 11 is 0. The van der Waals surface area contributed by atoms with Crippen molar-refractivity contribution < 1.29 is 17.9 Å². The van der Waals surface area contributed by atoms with Crippen LogP contribution in [0.25, 0.3) is 10.9 Å². The number of ether oxygens (including phenoxy) is 1. The number of alkyl halides is 3. The summed E-state index contributed by atoms with van der Waals surface area (Å²) in [6.45, 7) is 2.93. The van der Waals surface area contributed by atoms with Gasteiger partial charge in [-0.25, -0.2) is 0 Å². The van der Waals surface area contributed by atoms with Gasteiger partial charge in [-0.1, -0.05) is 12.1 Å². The Kier molecular flexibility index (Phi) is 6.40. The van der Waals surface area contributed by atoms with Gasteiger partial charge in [0.1, 0.15) is 0 Å². The first kappa shape index (κ1) is 22.6. The van der Waals surface area contributed by atoms with Crippen molar-refractivity contribution in [2.24, 2.45) is 0 Å². The van der Waals surface area contributed by atoms with E-state index in [9.17, 15) is 18.0 Å². The molecule has 170 valence electrons. The molecule has 1 aromatic heterocycles. The minimum atomic E-state index is -4.42. The fraction of sp³-hybridized carbons (Fsp3) is 0.400. The Bertz CT molecular complexity index is 1180. The van der Waals surface area contributed by atoms with Gasteiger partial charge in [0.2, 0.25) is 0 Å². The summed E-state index contributed by atoms with van der Waals surface area (Å²) in [6.07, 6.45) is -1.38. The fourth-order valence-electron chi connectivity index (χ4n) is 4.42. The number of hydrogen-bond acceptors (Lipinski definition) is 3. The lowest BCUT2D eigenvalue weighted by molar-refractivity contribution is -0.137. The summed E-state index contributed by atoms with van der Waals surface area (Å²) in [6, 6.07) is 11.3. The van der Waals surface area contributed by atoms with Crippen molar-refractivity contribution in [3.63, 3.8) is 0 Å². The standard InChI is InChI=1S/C25H27F3N2O2/c1-16(15-32-2)29-13-21-11-20-10-18-6-4-7-19(18)12-23(20)30(24(21)31)14-17-5-3-8-22(9-17)25(26,27)28/h3,5,8-12,16,29H,4,6-7,13-15H2,1-2H3/t16-/m0/s1. The highest BCUT2D eigenvalue weighted by molar-refractivity contribution is 5.82. The maximum absolute atomic E-state index is 13.4. The molecule has 7 heteroatoms. The normalized spacial score (nSPS) is 14.7. The largest absolute Gasteiger partial charge is 0.416 e. The number of aryl methyl sites for hydroxylation is 2. The Hall–Kier alpha value is -2.64. The van der Waals surface area contributed by atoms with Gasteiger partial charge in [-0.2, -0.15) is 13.2 Å². The Morgan fingerprint density at radius 3 is 2.59 bits per heavy atom. The van der Waals surface area contributed by atoms with Gasteiger partial charge in [0.25, 0.3) is 5.56 Å². The zero-order valence-electron chi connectivity index (χ0n) is 18.3. The van der Waals surface area contributed by atoms with E-state index in [1.165, 1.54) is 17.2 Å². The molecule has 1 N–H and O–H groups in total. The Morgan fingerprint density at radius 2 is 1.88 bits per heavy atom. The van der Waals surface area contributed by atoms with Crippen LogP contribution in [0.5, 0.6) is 0 Å². The number of benzene rings is 2. The van der Waals surface area contributed by atoms with Crippen molar-refractivity contribution in [3.05, 3.63) is 80.6 Å². The third-order valence-electron chi connectivity index (χ3n) is 6.03. The number of nitrogens with zero attached hydrogens (tertiary/aromatic N) is 1. The van der Waals surface area contributed by atoms with Crippen molar-refractivity contribution in [1.29, 1.82) is 0 Å². The van der Waals surface area contributed by atoms with Crippen LogP contribution in [0.1, 0.15) is 41.2 Å². The van der Waals surface area contributed by atoms with E-state index in [0.29, 0.717) is 24.3 Å². The van der Waals surface area contributed by atoms with Crippen LogP contribution in [0.4, 0.5) is 13.2 Å². The molecule has 1 heterocycles. The number of aromatic nitrogens is 1. The van der Waals surface area contributed by atoms with Crippen LogP contribution in [0.15, 0.2) is 47.3 Å². The van der Waals surface area contributed by atoms with E-state index in [-0.39, 0.29) is 18.1 Å². The molecule has 3 aromatic rings. The van der Waals surface area contributed by atoms with Crippen molar-refractivity contribution >= 4 is 10.9 Å². The number of pyridine rings is 1. The van der Waals surface area contributed by atoms with Gasteiger partial charge in [0.05, 0.1) is 24.2 Å². The van der Waals surface area contributed by atoms with E-state index in [1.807, 2.05) is 19.1 Å². The van der Waals surface area contributed by atoms with Crippen molar-refractivity contribution in [2.75, 3.05) is 13.7 Å². The Balaban J connectivity index is 1.78. The van der Waals surface area contributed by atoms with E-state index in [0.717, 1.165) is 42.3 Å². The van der Waals surface area contributed by atoms with E-state index < -0.39 is 11.7 Å². The highest BCUT2D eigenvalue weighted by Crippen LogP contribution is 2.30.